The van der Waals surface area contributed by atoms with Gasteiger partial charge in [-0.25, -0.2) is 0 Å². The van der Waals surface area contributed by atoms with Gasteiger partial charge in [-0.15, -0.1) is 0 Å². The highest BCUT2D eigenvalue weighted by Gasteiger charge is 2.27. The fraction of sp³-hybridized carbons (Fsp3) is 0.179. The van der Waals surface area contributed by atoms with Gasteiger partial charge in [0.2, 0.25) is 5.78 Å². The van der Waals surface area contributed by atoms with Crippen LogP contribution in [0.2, 0.25) is 0 Å². The van der Waals surface area contributed by atoms with Crippen molar-refractivity contribution in [3.05, 3.63) is 107 Å². The molecule has 1 aliphatic rings. The Bertz CT molecular complexity index is 1140. The number of carbonyl (C=O) groups excluding carboxylic acids is 1. The van der Waals surface area contributed by atoms with Gasteiger partial charge in [0.25, 0.3) is 0 Å². The molecule has 0 saturated carbocycles. The molecule has 0 amide bonds. The maximum atomic E-state index is 12.7. The average Bonchev–Trinajstić information content (AvgIpc) is 3.07. The predicted molar refractivity (Wildman–Crippen MR) is 125 cm³/mol. The molecular weight excluding hydrogens is 384 g/mol. The van der Waals surface area contributed by atoms with E-state index in [1.165, 1.54) is 5.56 Å². The van der Waals surface area contributed by atoms with E-state index < -0.39 is 0 Å². The minimum Gasteiger partial charge on any atom is -0.489 e. The lowest BCUT2D eigenvalue weighted by Crippen LogP contribution is -2.10. The second-order valence-electron chi connectivity index (χ2n) is 8.70. The van der Waals surface area contributed by atoms with Crippen molar-refractivity contribution in [1.29, 1.82) is 0 Å². The van der Waals surface area contributed by atoms with Crippen LogP contribution in [0.25, 0.3) is 12.2 Å². The first-order chi connectivity index (χ1) is 14.8. The van der Waals surface area contributed by atoms with Crippen molar-refractivity contribution in [2.75, 3.05) is 0 Å². The van der Waals surface area contributed by atoms with Gasteiger partial charge >= 0.3 is 0 Å². The van der Waals surface area contributed by atoms with E-state index >= 15 is 0 Å². The smallest absolute Gasteiger partial charge is 0.231 e. The monoisotopic (exact) mass is 410 g/mol. The molecule has 0 N–H and O–H groups in total. The van der Waals surface area contributed by atoms with Gasteiger partial charge < -0.3 is 9.47 Å². The van der Waals surface area contributed by atoms with Crippen molar-refractivity contribution in [2.24, 2.45) is 0 Å². The zero-order valence-corrected chi connectivity index (χ0v) is 18.1. The van der Waals surface area contributed by atoms with Crippen molar-refractivity contribution < 1.29 is 14.3 Å². The molecule has 1 heterocycles. The molecule has 3 aromatic carbocycles. The average molecular weight is 411 g/mol. The van der Waals surface area contributed by atoms with E-state index in [2.05, 4.69) is 39.5 Å². The molecule has 0 radical (unpaired) electrons. The number of carbonyl (C=O) groups is 1. The predicted octanol–water partition coefficient (Wildman–Crippen LogP) is 6.82. The molecule has 0 aromatic heterocycles. The molecule has 1 aliphatic heterocycles. The first kappa shape index (κ1) is 20.7. The molecule has 31 heavy (non-hydrogen) atoms. The minimum absolute atomic E-state index is 0.0890. The van der Waals surface area contributed by atoms with Crippen molar-refractivity contribution in [2.45, 2.75) is 32.8 Å². The molecule has 0 bridgehead atoms. The van der Waals surface area contributed by atoms with Crippen LogP contribution in [0, 0.1) is 0 Å². The Morgan fingerprint density at radius 3 is 2.26 bits per heavy atom. The van der Waals surface area contributed by atoms with Crippen LogP contribution in [0.15, 0.2) is 79.1 Å². The summed E-state index contributed by atoms with van der Waals surface area (Å²) in [5, 5.41) is 0. The number of ketones is 1. The Hall–Kier alpha value is -3.59. The van der Waals surface area contributed by atoms with Crippen LogP contribution < -0.4 is 9.47 Å². The minimum atomic E-state index is -0.110. The van der Waals surface area contributed by atoms with Crippen molar-refractivity contribution in [1.82, 2.24) is 0 Å². The summed E-state index contributed by atoms with van der Waals surface area (Å²) in [6, 6.07) is 21.6. The van der Waals surface area contributed by atoms with E-state index in [0.29, 0.717) is 29.4 Å². The Morgan fingerprint density at radius 1 is 0.935 bits per heavy atom. The number of hydrogen-bond acceptors (Lipinski definition) is 3. The zero-order chi connectivity index (χ0) is 22.0. The molecule has 3 nitrogen and oxygen atoms in total. The summed E-state index contributed by atoms with van der Waals surface area (Å²) in [6.45, 7) is 10.7. The van der Waals surface area contributed by atoms with Gasteiger partial charge in [0, 0.05) is 6.07 Å². The highest BCUT2D eigenvalue weighted by molar-refractivity contribution is 6.14. The third kappa shape index (κ3) is 4.61. The fourth-order valence-electron chi connectivity index (χ4n) is 3.40. The van der Waals surface area contributed by atoms with Gasteiger partial charge in [0.15, 0.2) is 5.76 Å². The second kappa shape index (κ2) is 8.27. The van der Waals surface area contributed by atoms with Gasteiger partial charge in [0.05, 0.1) is 5.56 Å². The van der Waals surface area contributed by atoms with E-state index in [1.54, 1.807) is 24.3 Å². The Morgan fingerprint density at radius 2 is 1.61 bits per heavy atom. The summed E-state index contributed by atoms with van der Waals surface area (Å²) in [7, 11) is 0. The van der Waals surface area contributed by atoms with Crippen LogP contribution >= 0.6 is 0 Å². The van der Waals surface area contributed by atoms with Gasteiger partial charge in [-0.3, -0.25) is 4.79 Å². The number of Topliss-reactive ketones (excluding diaryl/α,β-unsaturated/α-hetero) is 1. The van der Waals surface area contributed by atoms with Crippen LogP contribution in [0.5, 0.6) is 11.5 Å². The second-order valence-corrected chi connectivity index (χ2v) is 8.70. The van der Waals surface area contributed by atoms with Crippen LogP contribution in [0.1, 0.15) is 53.4 Å². The normalized spacial score (nSPS) is 14.3. The summed E-state index contributed by atoms with van der Waals surface area (Å²) in [5.74, 6) is 1.41. The first-order valence-electron chi connectivity index (χ1n) is 10.4. The van der Waals surface area contributed by atoms with Crippen LogP contribution in [-0.4, -0.2) is 5.78 Å². The molecule has 3 heteroatoms. The largest absolute Gasteiger partial charge is 0.489 e. The molecule has 0 atom stereocenters. The number of allylic oxidation sites excluding steroid dienone is 1. The van der Waals surface area contributed by atoms with Crippen LogP contribution in [0.3, 0.4) is 0 Å². The molecule has 0 spiro atoms. The topological polar surface area (TPSA) is 35.5 Å². The van der Waals surface area contributed by atoms with Gasteiger partial charge in [-0.1, -0.05) is 82.0 Å². The molecule has 0 fully saturated rings. The standard InChI is InChI=1S/C28H26O3/c1-5-19-6-8-21(9-7-19)18-30-23-14-15-24-25(17-23)31-26(27(24)29)16-20-10-12-22(13-11-20)28(2,3)4/h5-17H,1,18H2,2-4H3/b26-16+. The molecule has 3 aromatic rings. The Balaban J connectivity index is 1.47. The highest BCUT2D eigenvalue weighted by Crippen LogP contribution is 2.35. The van der Waals surface area contributed by atoms with Crippen LogP contribution in [-0.2, 0) is 12.0 Å². The number of hydrogen-bond donors (Lipinski definition) is 0. The quantitative estimate of drug-likeness (QED) is 0.433. The molecule has 0 unspecified atom stereocenters. The van der Waals surface area contributed by atoms with E-state index in [9.17, 15) is 4.79 Å². The lowest BCUT2D eigenvalue weighted by Gasteiger charge is -2.18. The maximum absolute atomic E-state index is 12.7. The first-order valence-corrected chi connectivity index (χ1v) is 10.4. The van der Waals surface area contributed by atoms with E-state index in [1.807, 2.05) is 42.5 Å². The molecule has 0 aliphatic carbocycles. The molecule has 4 rings (SSSR count). The molecular formula is C28H26O3. The van der Waals surface area contributed by atoms with Crippen molar-refractivity contribution in [3.63, 3.8) is 0 Å². The van der Waals surface area contributed by atoms with Gasteiger partial charge in [-0.2, -0.15) is 0 Å². The molecule has 0 saturated heterocycles. The lowest BCUT2D eigenvalue weighted by atomic mass is 9.86. The molecule has 156 valence electrons. The third-order valence-corrected chi connectivity index (χ3v) is 5.34. The van der Waals surface area contributed by atoms with Crippen LogP contribution in [0.4, 0.5) is 0 Å². The fourth-order valence-corrected chi connectivity index (χ4v) is 3.40. The SMILES string of the molecule is C=Cc1ccc(COc2ccc3c(c2)O/C(=C/c2ccc(C(C)(C)C)cc2)C3=O)cc1. The zero-order valence-electron chi connectivity index (χ0n) is 18.1. The van der Waals surface area contributed by atoms with E-state index in [0.717, 1.165) is 16.7 Å². The van der Waals surface area contributed by atoms with E-state index in [4.69, 9.17) is 9.47 Å². The Kier molecular flexibility index (Phi) is 5.51. The number of fused-ring (bicyclic) bond motifs is 1. The maximum Gasteiger partial charge on any atom is 0.231 e. The summed E-state index contributed by atoms with van der Waals surface area (Å²) in [6.07, 6.45) is 3.60. The summed E-state index contributed by atoms with van der Waals surface area (Å²) in [4.78, 5) is 12.7. The lowest BCUT2D eigenvalue weighted by molar-refractivity contribution is 0.101. The van der Waals surface area contributed by atoms with Crippen molar-refractivity contribution in [3.8, 4) is 11.5 Å². The van der Waals surface area contributed by atoms with Gasteiger partial charge in [0.1, 0.15) is 18.1 Å². The van der Waals surface area contributed by atoms with E-state index in [-0.39, 0.29) is 11.2 Å². The highest BCUT2D eigenvalue weighted by atomic mass is 16.5. The third-order valence-electron chi connectivity index (χ3n) is 5.34. The summed E-state index contributed by atoms with van der Waals surface area (Å²) in [5.41, 5.74) is 4.95. The van der Waals surface area contributed by atoms with Crippen molar-refractivity contribution >= 4 is 17.9 Å². The summed E-state index contributed by atoms with van der Waals surface area (Å²) < 4.78 is 11.8. The number of ether oxygens (including phenoxy) is 2. The van der Waals surface area contributed by atoms with Gasteiger partial charge in [-0.05, 0) is 45.9 Å². The number of benzene rings is 3. The number of rotatable bonds is 5. The summed E-state index contributed by atoms with van der Waals surface area (Å²) >= 11 is 0. The Labute approximate surface area is 183 Å².